The van der Waals surface area contributed by atoms with Gasteiger partial charge in [-0.2, -0.15) is 4.68 Å². The summed E-state index contributed by atoms with van der Waals surface area (Å²) in [5.74, 6) is 2.29. The van der Waals surface area contributed by atoms with Crippen molar-refractivity contribution in [3.8, 4) is 17.2 Å². The van der Waals surface area contributed by atoms with Gasteiger partial charge in [0.1, 0.15) is 6.61 Å². The Morgan fingerprint density at radius 1 is 0.941 bits per heavy atom. The van der Waals surface area contributed by atoms with Gasteiger partial charge in [0.25, 0.3) is 0 Å². The molecule has 1 heterocycles. The van der Waals surface area contributed by atoms with Crippen LogP contribution in [-0.2, 0) is 13.2 Å². The van der Waals surface area contributed by atoms with E-state index in [0.29, 0.717) is 24.0 Å². The molecule has 0 fully saturated rings. The second kappa shape index (κ2) is 12.4. The van der Waals surface area contributed by atoms with Crippen LogP contribution in [-0.4, -0.2) is 39.1 Å². The first kappa shape index (κ1) is 24.1. The van der Waals surface area contributed by atoms with Gasteiger partial charge in [-0.1, -0.05) is 59.8 Å². The van der Waals surface area contributed by atoms with Gasteiger partial charge < -0.3 is 14.8 Å². The number of hydrogen-bond acceptors (Lipinski definition) is 7. The normalized spacial score (nSPS) is 10.9. The molecular weight excluding hydrogens is 470 g/mol. The Hall–Kier alpha value is -3.07. The topological polar surface area (TPSA) is 74.1 Å². The highest BCUT2D eigenvalue weighted by molar-refractivity contribution is 7.99. The van der Waals surface area contributed by atoms with E-state index in [1.165, 1.54) is 0 Å². The summed E-state index contributed by atoms with van der Waals surface area (Å²) in [7, 11) is 0. The van der Waals surface area contributed by atoms with Crippen LogP contribution in [0.3, 0.4) is 0 Å². The molecule has 9 heteroatoms. The van der Waals surface area contributed by atoms with E-state index in [4.69, 9.17) is 21.1 Å². The summed E-state index contributed by atoms with van der Waals surface area (Å²) in [5, 5.41) is 17.0. The standard InChI is InChI=1S/C25H26ClN5O2S/c1-2-32-24-16-19(11-12-23(24)33-18-20-7-6-8-21(26)15-20)17-27-13-14-34-25-28-29-30-31(25)22-9-4-3-5-10-22/h3-12,15-16,27H,2,13-14,17-18H2,1H3. The summed E-state index contributed by atoms with van der Waals surface area (Å²) >= 11 is 7.68. The summed E-state index contributed by atoms with van der Waals surface area (Å²) in [5.41, 5.74) is 3.08. The van der Waals surface area contributed by atoms with E-state index in [-0.39, 0.29) is 0 Å². The minimum atomic E-state index is 0.428. The third-order valence-corrected chi connectivity index (χ3v) is 6.03. The number of aromatic nitrogens is 4. The van der Waals surface area contributed by atoms with E-state index in [1.54, 1.807) is 16.4 Å². The molecule has 4 aromatic rings. The molecule has 0 atom stereocenters. The average molecular weight is 496 g/mol. The molecule has 0 spiro atoms. The zero-order valence-corrected chi connectivity index (χ0v) is 20.4. The van der Waals surface area contributed by atoms with Crippen LogP contribution in [0.1, 0.15) is 18.1 Å². The van der Waals surface area contributed by atoms with Gasteiger partial charge in [-0.3, -0.25) is 0 Å². The highest BCUT2D eigenvalue weighted by atomic mass is 35.5. The quantitative estimate of drug-likeness (QED) is 0.214. The van der Waals surface area contributed by atoms with Crippen molar-refractivity contribution in [2.75, 3.05) is 18.9 Å². The number of tetrazole rings is 1. The zero-order chi connectivity index (χ0) is 23.6. The Morgan fingerprint density at radius 2 is 1.82 bits per heavy atom. The van der Waals surface area contributed by atoms with E-state index < -0.39 is 0 Å². The van der Waals surface area contributed by atoms with Gasteiger partial charge in [0.15, 0.2) is 11.5 Å². The van der Waals surface area contributed by atoms with Crippen molar-refractivity contribution in [2.24, 2.45) is 0 Å². The molecule has 7 nitrogen and oxygen atoms in total. The Kier molecular flexibility index (Phi) is 8.78. The molecule has 0 unspecified atom stereocenters. The molecule has 34 heavy (non-hydrogen) atoms. The van der Waals surface area contributed by atoms with E-state index in [0.717, 1.165) is 46.6 Å². The zero-order valence-electron chi connectivity index (χ0n) is 18.9. The number of nitrogens with one attached hydrogen (secondary N) is 1. The maximum atomic E-state index is 6.06. The summed E-state index contributed by atoms with van der Waals surface area (Å²) in [6, 6.07) is 23.6. The van der Waals surface area contributed by atoms with Gasteiger partial charge in [0.2, 0.25) is 5.16 Å². The molecule has 3 aromatic carbocycles. The minimum absolute atomic E-state index is 0.428. The van der Waals surface area contributed by atoms with Crippen molar-refractivity contribution in [1.82, 2.24) is 25.5 Å². The molecule has 0 saturated carbocycles. The first-order valence-corrected chi connectivity index (χ1v) is 12.4. The van der Waals surface area contributed by atoms with Crippen LogP contribution in [0, 0.1) is 0 Å². The molecule has 176 valence electrons. The number of hydrogen-bond donors (Lipinski definition) is 1. The average Bonchev–Trinajstić information content (AvgIpc) is 3.33. The Balaban J connectivity index is 1.27. The van der Waals surface area contributed by atoms with E-state index in [2.05, 4.69) is 20.8 Å². The van der Waals surface area contributed by atoms with Crippen LogP contribution in [0.15, 0.2) is 78.0 Å². The van der Waals surface area contributed by atoms with Gasteiger partial charge in [-0.15, -0.1) is 5.10 Å². The molecule has 0 aliphatic carbocycles. The molecule has 4 rings (SSSR count). The molecular formula is C25H26ClN5O2S. The summed E-state index contributed by atoms with van der Waals surface area (Å²) < 4.78 is 13.6. The minimum Gasteiger partial charge on any atom is -0.490 e. The maximum absolute atomic E-state index is 6.06. The number of halogens is 1. The third kappa shape index (κ3) is 6.72. The maximum Gasteiger partial charge on any atom is 0.214 e. The number of benzene rings is 3. The van der Waals surface area contributed by atoms with Crippen LogP contribution in [0.2, 0.25) is 5.02 Å². The summed E-state index contributed by atoms with van der Waals surface area (Å²) in [6.07, 6.45) is 0. The van der Waals surface area contributed by atoms with Crippen molar-refractivity contribution >= 4 is 23.4 Å². The van der Waals surface area contributed by atoms with Gasteiger partial charge >= 0.3 is 0 Å². The largest absolute Gasteiger partial charge is 0.490 e. The first-order valence-electron chi connectivity index (χ1n) is 11.0. The van der Waals surface area contributed by atoms with Gasteiger partial charge in [-0.05, 0) is 64.9 Å². The fourth-order valence-electron chi connectivity index (χ4n) is 3.29. The van der Waals surface area contributed by atoms with Gasteiger partial charge in [-0.25, -0.2) is 0 Å². The number of nitrogens with zero attached hydrogens (tertiary/aromatic N) is 4. The van der Waals surface area contributed by atoms with Crippen molar-refractivity contribution in [3.63, 3.8) is 0 Å². The smallest absolute Gasteiger partial charge is 0.214 e. The van der Waals surface area contributed by atoms with E-state index in [1.807, 2.05) is 79.7 Å². The first-order chi connectivity index (χ1) is 16.7. The Bertz CT molecular complexity index is 1190. The number of ether oxygens (including phenoxy) is 2. The van der Waals surface area contributed by atoms with Crippen molar-refractivity contribution in [3.05, 3.63) is 88.9 Å². The molecule has 0 radical (unpaired) electrons. The highest BCUT2D eigenvalue weighted by Crippen LogP contribution is 2.29. The van der Waals surface area contributed by atoms with Crippen LogP contribution in [0.4, 0.5) is 0 Å². The lowest BCUT2D eigenvalue weighted by Crippen LogP contribution is -2.17. The van der Waals surface area contributed by atoms with Crippen molar-refractivity contribution < 1.29 is 9.47 Å². The molecule has 1 aromatic heterocycles. The lowest BCUT2D eigenvalue weighted by molar-refractivity contribution is 0.269. The highest BCUT2D eigenvalue weighted by Gasteiger charge is 2.09. The fraction of sp³-hybridized carbons (Fsp3) is 0.240. The van der Waals surface area contributed by atoms with Crippen LogP contribution in [0.25, 0.3) is 5.69 Å². The van der Waals surface area contributed by atoms with Crippen LogP contribution in [0.5, 0.6) is 11.5 Å². The fourth-order valence-corrected chi connectivity index (χ4v) is 4.29. The SMILES string of the molecule is CCOc1cc(CNCCSc2nnnn2-c2ccccc2)ccc1OCc1cccc(Cl)c1. The predicted molar refractivity (Wildman–Crippen MR) is 135 cm³/mol. The number of rotatable bonds is 12. The number of thioether (sulfide) groups is 1. The molecule has 0 aliphatic heterocycles. The molecule has 0 amide bonds. The molecule has 0 bridgehead atoms. The molecule has 0 saturated heterocycles. The Labute approximate surface area is 208 Å². The lowest BCUT2D eigenvalue weighted by atomic mass is 10.2. The molecule has 0 aliphatic rings. The van der Waals surface area contributed by atoms with E-state index >= 15 is 0 Å². The predicted octanol–water partition coefficient (Wildman–Crippen LogP) is 5.18. The van der Waals surface area contributed by atoms with Crippen LogP contribution >= 0.6 is 23.4 Å². The molecule has 1 N–H and O–H groups in total. The van der Waals surface area contributed by atoms with Gasteiger partial charge in [0.05, 0.1) is 12.3 Å². The second-order valence-corrected chi connectivity index (χ2v) is 8.87. The second-order valence-electron chi connectivity index (χ2n) is 7.37. The summed E-state index contributed by atoms with van der Waals surface area (Å²) in [4.78, 5) is 0. The summed E-state index contributed by atoms with van der Waals surface area (Å²) in [6.45, 7) is 4.49. The van der Waals surface area contributed by atoms with Crippen molar-refractivity contribution in [1.29, 1.82) is 0 Å². The lowest BCUT2D eigenvalue weighted by Gasteiger charge is -2.14. The third-order valence-electron chi connectivity index (χ3n) is 4.87. The van der Waals surface area contributed by atoms with E-state index in [9.17, 15) is 0 Å². The van der Waals surface area contributed by atoms with Gasteiger partial charge in [0, 0.05) is 23.9 Å². The van der Waals surface area contributed by atoms with Crippen molar-refractivity contribution in [2.45, 2.75) is 25.2 Å². The number of para-hydroxylation sites is 1. The monoisotopic (exact) mass is 495 g/mol. The Morgan fingerprint density at radius 3 is 2.65 bits per heavy atom. The van der Waals surface area contributed by atoms with Crippen LogP contribution < -0.4 is 14.8 Å².